The molecule has 0 bridgehead atoms. The van der Waals surface area contributed by atoms with Gasteiger partial charge in [0.15, 0.2) is 5.78 Å². The van der Waals surface area contributed by atoms with Crippen molar-refractivity contribution in [2.24, 2.45) is 28.6 Å². The van der Waals surface area contributed by atoms with E-state index in [1.54, 1.807) is 0 Å². The molecule has 0 aromatic carbocycles. The van der Waals surface area contributed by atoms with Gasteiger partial charge < -0.3 is 5.11 Å². The number of aliphatic hydroxyl groups is 1. The zero-order valence-electron chi connectivity index (χ0n) is 15.7. The summed E-state index contributed by atoms with van der Waals surface area (Å²) in [5.41, 5.74) is -0.0966. The molecule has 140 valence electrons. The monoisotopic (exact) mass is 373 g/mol. The van der Waals surface area contributed by atoms with E-state index in [2.05, 4.69) is 19.9 Å². The molecule has 4 aliphatic rings. The lowest BCUT2D eigenvalue weighted by Gasteiger charge is -2.63. The van der Waals surface area contributed by atoms with Crippen molar-refractivity contribution in [3.05, 3.63) is 22.8 Å². The second kappa shape index (κ2) is 5.94. The maximum Gasteiger partial charge on any atom is 0.155 e. The topological polar surface area (TPSA) is 61.1 Å². The summed E-state index contributed by atoms with van der Waals surface area (Å²) >= 11 is 6.45. The number of fused-ring (bicyclic) bond motifs is 5. The number of hydrogen-bond donors (Lipinski definition) is 1. The van der Waals surface area contributed by atoms with E-state index >= 15 is 0 Å². The largest absolute Gasteiger partial charge is 0.383 e. The Hall–Kier alpha value is -1.11. The van der Waals surface area contributed by atoms with E-state index in [9.17, 15) is 15.2 Å². The molecule has 0 saturated heterocycles. The summed E-state index contributed by atoms with van der Waals surface area (Å²) in [7, 11) is 0. The minimum absolute atomic E-state index is 0.0592. The van der Waals surface area contributed by atoms with Crippen molar-refractivity contribution in [1.82, 2.24) is 0 Å². The molecule has 4 rings (SSSR count). The van der Waals surface area contributed by atoms with E-state index in [1.807, 2.05) is 12.2 Å². The van der Waals surface area contributed by atoms with Crippen LogP contribution in [0.3, 0.4) is 0 Å². The molecule has 0 amide bonds. The van der Waals surface area contributed by atoms with Gasteiger partial charge in [0.05, 0.1) is 12.5 Å². The molecule has 0 aromatic rings. The molecule has 0 spiro atoms. The smallest absolute Gasteiger partial charge is 0.155 e. The van der Waals surface area contributed by atoms with Crippen molar-refractivity contribution >= 4 is 17.4 Å². The van der Waals surface area contributed by atoms with Crippen LogP contribution >= 0.6 is 11.6 Å². The van der Waals surface area contributed by atoms with Gasteiger partial charge in [-0.25, -0.2) is 0 Å². The summed E-state index contributed by atoms with van der Waals surface area (Å²) in [6.07, 6.45) is 10.5. The first kappa shape index (κ1) is 18.3. The number of nitriles is 1. The van der Waals surface area contributed by atoms with Crippen LogP contribution in [-0.4, -0.2) is 16.5 Å². The fourth-order valence-corrected chi connectivity index (χ4v) is 7.27. The molecule has 0 aromatic heterocycles. The number of carbonyl (C=O) groups excluding carboxylic acids is 1. The number of nitrogens with zero attached hydrogens (tertiary/aromatic N) is 1. The minimum Gasteiger partial charge on any atom is -0.383 e. The first-order chi connectivity index (χ1) is 12.3. The maximum atomic E-state index is 11.9. The van der Waals surface area contributed by atoms with Crippen LogP contribution in [0.2, 0.25) is 0 Å². The zero-order chi connectivity index (χ0) is 18.7. The highest BCUT2D eigenvalue weighted by atomic mass is 35.5. The number of ketones is 1. The Balaban J connectivity index is 1.73. The van der Waals surface area contributed by atoms with Crippen LogP contribution in [-0.2, 0) is 4.79 Å². The third-order valence-electron chi connectivity index (χ3n) is 8.58. The van der Waals surface area contributed by atoms with E-state index in [0.717, 1.165) is 38.5 Å². The molecule has 6 atom stereocenters. The van der Waals surface area contributed by atoms with Crippen LogP contribution in [0.1, 0.15) is 65.2 Å². The molecule has 2 saturated carbocycles. The summed E-state index contributed by atoms with van der Waals surface area (Å²) in [6, 6.07) is 2.17. The quantitative estimate of drug-likeness (QED) is 0.711. The van der Waals surface area contributed by atoms with Crippen molar-refractivity contribution < 1.29 is 9.90 Å². The van der Waals surface area contributed by atoms with Gasteiger partial charge in [-0.1, -0.05) is 37.1 Å². The standard InChI is InChI=1S/C22H28ClNO2/c1-20-9-7-15(25)13-14(20)3-4-16-17(20)8-10-21(2)18(16)5-6-19(23)22(21,26)11-12-24/h6,13,16-18,26H,3-5,7-11H2,1-2H3/t16-,17+,18+,20+,21+,22+/m1/s1. The van der Waals surface area contributed by atoms with Crippen LogP contribution in [0.25, 0.3) is 0 Å². The van der Waals surface area contributed by atoms with E-state index in [1.165, 1.54) is 5.57 Å². The predicted octanol–water partition coefficient (Wildman–Crippen LogP) is 4.90. The Labute approximate surface area is 161 Å². The van der Waals surface area contributed by atoms with Gasteiger partial charge in [-0.15, -0.1) is 0 Å². The van der Waals surface area contributed by atoms with E-state index in [4.69, 9.17) is 11.6 Å². The molecule has 26 heavy (non-hydrogen) atoms. The van der Waals surface area contributed by atoms with Gasteiger partial charge in [-0.05, 0) is 67.8 Å². The normalized spacial score (nSPS) is 47.7. The third kappa shape index (κ3) is 2.25. The number of halogens is 1. The molecular formula is C22H28ClNO2. The SMILES string of the molecule is C[C@]12CCC(=O)C=C1CC[C@@H]1[C@@H]2CC[C@@]2(C)[C@H]1CC=C(Cl)[C@@]2(O)CC#N. The highest BCUT2D eigenvalue weighted by Crippen LogP contribution is 2.66. The van der Waals surface area contributed by atoms with Gasteiger partial charge in [0.2, 0.25) is 0 Å². The van der Waals surface area contributed by atoms with E-state index < -0.39 is 5.60 Å². The Bertz CT molecular complexity index is 750. The lowest BCUT2D eigenvalue weighted by molar-refractivity contribution is -0.149. The fourth-order valence-electron chi connectivity index (χ4n) is 6.90. The number of hydrogen-bond acceptors (Lipinski definition) is 3. The molecule has 1 N–H and O–H groups in total. The summed E-state index contributed by atoms with van der Waals surface area (Å²) in [4.78, 5) is 11.9. The Morgan fingerprint density at radius 1 is 1.27 bits per heavy atom. The van der Waals surface area contributed by atoms with E-state index in [0.29, 0.717) is 29.2 Å². The average molecular weight is 374 g/mol. The second-order valence-electron chi connectivity index (χ2n) is 9.41. The van der Waals surface area contributed by atoms with Crippen LogP contribution in [0, 0.1) is 39.9 Å². The lowest BCUT2D eigenvalue weighted by Crippen LogP contribution is -2.60. The van der Waals surface area contributed by atoms with Crippen LogP contribution in [0.5, 0.6) is 0 Å². The van der Waals surface area contributed by atoms with Crippen LogP contribution in [0.4, 0.5) is 0 Å². The van der Waals surface area contributed by atoms with Crippen molar-refractivity contribution in [2.45, 2.75) is 70.8 Å². The number of rotatable bonds is 1. The Morgan fingerprint density at radius 3 is 2.77 bits per heavy atom. The summed E-state index contributed by atoms with van der Waals surface area (Å²) in [5.74, 6) is 1.71. The number of allylic oxidation sites excluding steroid dienone is 3. The zero-order valence-corrected chi connectivity index (χ0v) is 16.5. The summed E-state index contributed by atoms with van der Waals surface area (Å²) in [5, 5.41) is 21.2. The van der Waals surface area contributed by atoms with Crippen LogP contribution < -0.4 is 0 Å². The van der Waals surface area contributed by atoms with Gasteiger partial charge in [0, 0.05) is 16.9 Å². The van der Waals surface area contributed by atoms with Gasteiger partial charge in [-0.2, -0.15) is 5.26 Å². The van der Waals surface area contributed by atoms with E-state index in [-0.39, 0.29) is 23.0 Å². The average Bonchev–Trinajstić information content (AvgIpc) is 2.60. The summed E-state index contributed by atoms with van der Waals surface area (Å²) < 4.78 is 0. The van der Waals surface area contributed by atoms with Crippen molar-refractivity contribution in [2.75, 3.05) is 0 Å². The Kier molecular flexibility index (Phi) is 4.18. The third-order valence-corrected chi connectivity index (χ3v) is 9.04. The van der Waals surface area contributed by atoms with Gasteiger partial charge in [0.1, 0.15) is 5.60 Å². The predicted molar refractivity (Wildman–Crippen MR) is 101 cm³/mol. The van der Waals surface area contributed by atoms with Crippen molar-refractivity contribution in [3.8, 4) is 6.07 Å². The second-order valence-corrected chi connectivity index (χ2v) is 9.82. The fraction of sp³-hybridized carbons (Fsp3) is 0.727. The first-order valence-electron chi connectivity index (χ1n) is 9.95. The van der Waals surface area contributed by atoms with Gasteiger partial charge in [-0.3, -0.25) is 4.79 Å². The molecule has 4 aliphatic carbocycles. The van der Waals surface area contributed by atoms with Crippen molar-refractivity contribution in [3.63, 3.8) is 0 Å². The summed E-state index contributed by atoms with van der Waals surface area (Å²) in [6.45, 7) is 4.51. The molecule has 0 aliphatic heterocycles. The van der Waals surface area contributed by atoms with Gasteiger partial charge in [0.25, 0.3) is 0 Å². The minimum atomic E-state index is -1.23. The van der Waals surface area contributed by atoms with Crippen LogP contribution in [0.15, 0.2) is 22.8 Å². The molecule has 4 heteroatoms. The number of carbonyl (C=O) groups is 1. The molecule has 0 unspecified atom stereocenters. The lowest BCUT2D eigenvalue weighted by atomic mass is 9.43. The highest BCUT2D eigenvalue weighted by Gasteiger charge is 2.62. The van der Waals surface area contributed by atoms with Crippen molar-refractivity contribution in [1.29, 1.82) is 5.26 Å². The molecule has 0 heterocycles. The first-order valence-corrected chi connectivity index (χ1v) is 10.3. The highest BCUT2D eigenvalue weighted by molar-refractivity contribution is 6.30. The molecule has 3 nitrogen and oxygen atoms in total. The Morgan fingerprint density at radius 2 is 2.04 bits per heavy atom. The maximum absolute atomic E-state index is 11.9. The molecule has 2 fully saturated rings. The molecule has 0 radical (unpaired) electrons. The van der Waals surface area contributed by atoms with Gasteiger partial charge >= 0.3 is 0 Å². The molecular weight excluding hydrogens is 346 g/mol.